The first kappa shape index (κ1) is 18.3. The Labute approximate surface area is 154 Å². The van der Waals surface area contributed by atoms with Gasteiger partial charge in [-0.3, -0.25) is 4.79 Å². The van der Waals surface area contributed by atoms with Crippen LogP contribution in [-0.4, -0.2) is 35.1 Å². The van der Waals surface area contributed by atoms with Gasteiger partial charge in [0.2, 0.25) is 0 Å². The molecule has 1 saturated heterocycles. The lowest BCUT2D eigenvalue weighted by atomic mass is 10.0. The van der Waals surface area contributed by atoms with Crippen molar-refractivity contribution >= 4 is 17.4 Å². The van der Waals surface area contributed by atoms with E-state index in [1.807, 2.05) is 18.2 Å². The summed E-state index contributed by atoms with van der Waals surface area (Å²) in [6.07, 6.45) is 7.23. The fourth-order valence-corrected chi connectivity index (χ4v) is 3.14. The van der Waals surface area contributed by atoms with Crippen LogP contribution in [0.1, 0.15) is 48.3 Å². The molecule has 0 saturated carbocycles. The standard InChI is InChI=1S/C20H26N4O2/c1-3-14-7-5-8-15(4-2)19(14)24-20(25)17-12-23-18(13-21-17)22-11-16-9-6-10-26-16/h5,7-8,12-13,16H,3-4,6,9-11H2,1-2H3,(H,22,23)(H,24,25). The molecule has 138 valence electrons. The van der Waals surface area contributed by atoms with Gasteiger partial charge in [-0.2, -0.15) is 0 Å². The normalized spacial score (nSPS) is 16.5. The van der Waals surface area contributed by atoms with E-state index in [4.69, 9.17) is 4.74 Å². The third kappa shape index (κ3) is 4.38. The van der Waals surface area contributed by atoms with Crippen LogP contribution in [0.2, 0.25) is 0 Å². The van der Waals surface area contributed by atoms with E-state index in [1.165, 1.54) is 6.20 Å². The zero-order valence-electron chi connectivity index (χ0n) is 15.4. The molecular weight excluding hydrogens is 328 g/mol. The van der Waals surface area contributed by atoms with Crippen molar-refractivity contribution in [3.63, 3.8) is 0 Å². The minimum Gasteiger partial charge on any atom is -0.376 e. The molecule has 26 heavy (non-hydrogen) atoms. The fraction of sp³-hybridized carbons (Fsp3) is 0.450. The van der Waals surface area contributed by atoms with Gasteiger partial charge in [0.05, 0.1) is 18.5 Å². The smallest absolute Gasteiger partial charge is 0.275 e. The molecule has 0 aliphatic carbocycles. The quantitative estimate of drug-likeness (QED) is 0.796. The zero-order valence-corrected chi connectivity index (χ0v) is 15.4. The summed E-state index contributed by atoms with van der Waals surface area (Å²) in [5.74, 6) is 0.416. The first-order valence-corrected chi connectivity index (χ1v) is 9.30. The lowest BCUT2D eigenvalue weighted by Gasteiger charge is -2.14. The molecule has 0 spiro atoms. The summed E-state index contributed by atoms with van der Waals surface area (Å²) < 4.78 is 5.57. The third-order valence-corrected chi connectivity index (χ3v) is 4.66. The van der Waals surface area contributed by atoms with Gasteiger partial charge in [0, 0.05) is 18.8 Å². The molecule has 1 atom stereocenters. The molecule has 0 bridgehead atoms. The van der Waals surface area contributed by atoms with Crippen molar-refractivity contribution in [3.8, 4) is 0 Å². The monoisotopic (exact) mass is 354 g/mol. The van der Waals surface area contributed by atoms with Crippen molar-refractivity contribution in [2.24, 2.45) is 0 Å². The maximum atomic E-state index is 12.6. The van der Waals surface area contributed by atoms with E-state index >= 15 is 0 Å². The number of hydrogen-bond acceptors (Lipinski definition) is 5. The first-order chi connectivity index (χ1) is 12.7. The van der Waals surface area contributed by atoms with E-state index in [2.05, 4.69) is 34.4 Å². The SMILES string of the molecule is CCc1cccc(CC)c1NC(=O)c1cnc(NCC2CCCO2)cn1. The number of aromatic nitrogens is 2. The molecule has 0 radical (unpaired) electrons. The summed E-state index contributed by atoms with van der Waals surface area (Å²) in [6, 6.07) is 6.11. The second-order valence-corrected chi connectivity index (χ2v) is 6.42. The maximum Gasteiger partial charge on any atom is 0.275 e. The van der Waals surface area contributed by atoms with Crippen LogP contribution < -0.4 is 10.6 Å². The number of ether oxygens (including phenoxy) is 1. The molecule has 1 aromatic heterocycles. The van der Waals surface area contributed by atoms with Crippen molar-refractivity contribution < 1.29 is 9.53 Å². The van der Waals surface area contributed by atoms with E-state index in [1.54, 1.807) is 6.20 Å². The highest BCUT2D eigenvalue weighted by molar-refractivity contribution is 6.03. The second kappa shape index (κ2) is 8.76. The van der Waals surface area contributed by atoms with Crippen LogP contribution in [-0.2, 0) is 17.6 Å². The van der Waals surface area contributed by atoms with Gasteiger partial charge in [0.25, 0.3) is 5.91 Å². The molecule has 1 unspecified atom stereocenters. The van der Waals surface area contributed by atoms with Crippen LogP contribution in [0, 0.1) is 0 Å². The summed E-state index contributed by atoms with van der Waals surface area (Å²) in [4.78, 5) is 21.1. The molecule has 2 N–H and O–H groups in total. The number of para-hydroxylation sites is 1. The average Bonchev–Trinajstić information content (AvgIpc) is 3.20. The molecule has 6 nitrogen and oxygen atoms in total. The molecule has 1 amide bonds. The van der Waals surface area contributed by atoms with Crippen molar-refractivity contribution in [1.82, 2.24) is 9.97 Å². The highest BCUT2D eigenvalue weighted by Crippen LogP contribution is 2.23. The molecule has 1 aromatic carbocycles. The van der Waals surface area contributed by atoms with Crippen molar-refractivity contribution in [1.29, 1.82) is 0 Å². The Morgan fingerprint density at radius 2 is 1.96 bits per heavy atom. The summed E-state index contributed by atoms with van der Waals surface area (Å²) in [6.45, 7) is 5.71. The molecule has 6 heteroatoms. The Hall–Kier alpha value is -2.47. The summed E-state index contributed by atoms with van der Waals surface area (Å²) in [5, 5.41) is 6.22. The number of amides is 1. The molecular formula is C20H26N4O2. The predicted octanol–water partition coefficient (Wildman–Crippen LogP) is 3.44. The Bertz CT molecular complexity index is 718. The number of anilines is 2. The second-order valence-electron chi connectivity index (χ2n) is 6.42. The van der Waals surface area contributed by atoms with Crippen LogP contribution in [0.25, 0.3) is 0 Å². The van der Waals surface area contributed by atoms with E-state index in [9.17, 15) is 4.79 Å². The topological polar surface area (TPSA) is 76.1 Å². The number of aryl methyl sites for hydroxylation is 2. The number of carbonyl (C=O) groups excluding carboxylic acids is 1. The van der Waals surface area contributed by atoms with Gasteiger partial charge in [-0.05, 0) is 36.8 Å². The lowest BCUT2D eigenvalue weighted by molar-refractivity contribution is 0.102. The number of hydrogen-bond donors (Lipinski definition) is 2. The molecule has 1 aliphatic rings. The van der Waals surface area contributed by atoms with Crippen molar-refractivity contribution in [2.45, 2.75) is 45.6 Å². The summed E-state index contributed by atoms with van der Waals surface area (Å²) in [5.41, 5.74) is 3.45. The van der Waals surface area contributed by atoms with E-state index in [0.29, 0.717) is 18.1 Å². The highest BCUT2D eigenvalue weighted by atomic mass is 16.5. The van der Waals surface area contributed by atoms with E-state index in [-0.39, 0.29) is 12.0 Å². The number of nitrogens with one attached hydrogen (secondary N) is 2. The van der Waals surface area contributed by atoms with Crippen LogP contribution in [0.4, 0.5) is 11.5 Å². The number of rotatable bonds is 7. The van der Waals surface area contributed by atoms with Gasteiger partial charge in [0.15, 0.2) is 0 Å². The zero-order chi connectivity index (χ0) is 18.4. The van der Waals surface area contributed by atoms with Gasteiger partial charge in [-0.15, -0.1) is 0 Å². The van der Waals surface area contributed by atoms with E-state index in [0.717, 1.165) is 49.1 Å². The highest BCUT2D eigenvalue weighted by Gasteiger charge is 2.16. The van der Waals surface area contributed by atoms with Crippen LogP contribution >= 0.6 is 0 Å². The number of benzene rings is 1. The minimum absolute atomic E-state index is 0.234. The first-order valence-electron chi connectivity index (χ1n) is 9.30. The fourth-order valence-electron chi connectivity index (χ4n) is 3.14. The van der Waals surface area contributed by atoms with Crippen LogP contribution in [0.5, 0.6) is 0 Å². The molecule has 3 rings (SSSR count). The Morgan fingerprint density at radius 1 is 1.19 bits per heavy atom. The minimum atomic E-state index is -0.237. The maximum absolute atomic E-state index is 12.6. The van der Waals surface area contributed by atoms with E-state index < -0.39 is 0 Å². The van der Waals surface area contributed by atoms with Crippen molar-refractivity contribution in [3.05, 3.63) is 47.4 Å². The van der Waals surface area contributed by atoms with Gasteiger partial charge in [0.1, 0.15) is 11.5 Å². The average molecular weight is 354 g/mol. The number of carbonyl (C=O) groups is 1. The third-order valence-electron chi connectivity index (χ3n) is 4.66. The number of nitrogens with zero attached hydrogens (tertiary/aromatic N) is 2. The lowest BCUT2D eigenvalue weighted by Crippen LogP contribution is -2.20. The Morgan fingerprint density at radius 3 is 2.54 bits per heavy atom. The molecule has 1 fully saturated rings. The van der Waals surface area contributed by atoms with Gasteiger partial charge >= 0.3 is 0 Å². The summed E-state index contributed by atoms with van der Waals surface area (Å²) >= 11 is 0. The molecule has 2 aromatic rings. The molecule has 1 aliphatic heterocycles. The Balaban J connectivity index is 1.65. The van der Waals surface area contributed by atoms with Gasteiger partial charge < -0.3 is 15.4 Å². The van der Waals surface area contributed by atoms with Crippen LogP contribution in [0.15, 0.2) is 30.6 Å². The largest absolute Gasteiger partial charge is 0.376 e. The van der Waals surface area contributed by atoms with Gasteiger partial charge in [-0.1, -0.05) is 32.0 Å². The Kier molecular flexibility index (Phi) is 6.17. The van der Waals surface area contributed by atoms with Crippen molar-refractivity contribution in [2.75, 3.05) is 23.8 Å². The molecule has 2 heterocycles. The van der Waals surface area contributed by atoms with Crippen LogP contribution in [0.3, 0.4) is 0 Å². The summed E-state index contributed by atoms with van der Waals surface area (Å²) in [7, 11) is 0. The predicted molar refractivity (Wildman–Crippen MR) is 103 cm³/mol. The van der Waals surface area contributed by atoms with Gasteiger partial charge in [-0.25, -0.2) is 9.97 Å².